The van der Waals surface area contributed by atoms with Crippen molar-refractivity contribution >= 4 is 27.6 Å². The molecule has 2 aliphatic rings. The van der Waals surface area contributed by atoms with E-state index < -0.39 is 28.7 Å². The van der Waals surface area contributed by atoms with Gasteiger partial charge < -0.3 is 14.8 Å². The summed E-state index contributed by atoms with van der Waals surface area (Å²) in [5.41, 5.74) is 4.34. The van der Waals surface area contributed by atoms with E-state index in [0.717, 1.165) is 71.0 Å². The molecule has 2 heterocycles. The zero-order valence-corrected chi connectivity index (χ0v) is 22.8. The molecule has 2 atom stereocenters. The standard InChI is InChI=1S/C26H45N4O5P/c1-3-5-7-9-11-15-19-28-24(31)29(20-16-12-10-8-6-4-2)26(33)30(25(28)32)21-17-13-14-18-23(30)27-34-22-35-36/h3-4,22-23,34H,1-2,5-21,36H2. The van der Waals surface area contributed by atoms with E-state index >= 15 is 0 Å². The van der Waals surface area contributed by atoms with Crippen LogP contribution in [0.25, 0.3) is 5.48 Å². The highest BCUT2D eigenvalue weighted by atomic mass is 31.0. The maximum Gasteiger partial charge on any atom is 0.435 e. The molecule has 204 valence electrons. The van der Waals surface area contributed by atoms with E-state index in [-0.39, 0.29) is 0 Å². The lowest BCUT2D eigenvalue weighted by molar-refractivity contribution is -0.801. The molecule has 2 rings (SSSR count). The Balaban J connectivity index is 2.23. The Kier molecular flexibility index (Phi) is 14.4. The number of imide groups is 3. The smallest absolute Gasteiger partial charge is 0.435 e. The number of unbranched alkanes of at least 4 members (excludes halogenated alkanes) is 8. The molecule has 2 fully saturated rings. The average molecular weight is 525 g/mol. The molecular formula is C26H45N4O5P. The Morgan fingerprint density at radius 2 is 1.47 bits per heavy atom. The number of hydroxylamine groups is 1. The van der Waals surface area contributed by atoms with Gasteiger partial charge in [0.25, 0.3) is 0 Å². The Hall–Kier alpha value is -1.64. The minimum Gasteiger partial charge on any atom is -0.612 e. The van der Waals surface area contributed by atoms with Crippen molar-refractivity contribution in [3.63, 3.8) is 0 Å². The SMILES string of the molecule is C=CCCCCCCN1C(=O)N(CCCCCCC=C)C(=O)[N+]2(CCCCCC2[N-][OH+][CH-]OP)C1=O. The molecule has 36 heavy (non-hydrogen) atoms. The summed E-state index contributed by atoms with van der Waals surface area (Å²) in [6, 6.07) is -1.42. The summed E-state index contributed by atoms with van der Waals surface area (Å²) in [5, 5.41) is 0. The molecular weight excluding hydrogens is 479 g/mol. The van der Waals surface area contributed by atoms with Gasteiger partial charge in [-0.25, -0.2) is 24.2 Å². The van der Waals surface area contributed by atoms with Crippen molar-refractivity contribution in [3.8, 4) is 0 Å². The third-order valence-corrected chi connectivity index (χ3v) is 7.10. The number of hydrogen-bond acceptors (Lipinski definition) is 4. The van der Waals surface area contributed by atoms with E-state index in [1.807, 2.05) is 12.2 Å². The molecule has 9 nitrogen and oxygen atoms in total. The Morgan fingerprint density at radius 1 is 0.917 bits per heavy atom. The van der Waals surface area contributed by atoms with Gasteiger partial charge in [-0.15, -0.1) is 13.2 Å². The van der Waals surface area contributed by atoms with Crippen molar-refractivity contribution in [2.24, 2.45) is 0 Å². The number of allylic oxidation sites excluding steroid dienone is 2. The summed E-state index contributed by atoms with van der Waals surface area (Å²) in [5.74, 6) is 0. The quantitative estimate of drug-likeness (QED) is 0.0361. The number of carbonyl (C=O) groups excluding carboxylic acids is 3. The second-order valence-electron chi connectivity index (χ2n) is 9.53. The number of quaternary nitrogens is 1. The average Bonchev–Trinajstić information content (AvgIpc) is 3.09. The minimum absolute atomic E-state index is 0.305. The van der Waals surface area contributed by atoms with Crippen LogP contribution in [0.15, 0.2) is 25.3 Å². The van der Waals surface area contributed by atoms with Gasteiger partial charge >= 0.3 is 18.1 Å². The molecule has 2 saturated heterocycles. The van der Waals surface area contributed by atoms with E-state index in [9.17, 15) is 14.4 Å². The minimum atomic E-state index is -0.679. The van der Waals surface area contributed by atoms with E-state index in [0.29, 0.717) is 45.3 Å². The highest BCUT2D eigenvalue weighted by Crippen LogP contribution is 2.36. The predicted octanol–water partition coefficient (Wildman–Crippen LogP) is 7.18. The van der Waals surface area contributed by atoms with Crippen LogP contribution in [0.4, 0.5) is 14.4 Å². The molecule has 0 aliphatic carbocycles. The van der Waals surface area contributed by atoms with E-state index in [2.05, 4.69) is 32.9 Å². The van der Waals surface area contributed by atoms with Gasteiger partial charge in [0.1, 0.15) is 0 Å². The first kappa shape index (κ1) is 30.6. The van der Waals surface area contributed by atoms with Crippen LogP contribution in [-0.4, -0.2) is 63.0 Å². The maximum atomic E-state index is 13.9. The van der Waals surface area contributed by atoms with Gasteiger partial charge in [-0.3, -0.25) is 0 Å². The van der Waals surface area contributed by atoms with Crippen LogP contribution < -0.4 is 0 Å². The number of urea groups is 3. The molecule has 1 N–H and O–H groups in total. The van der Waals surface area contributed by atoms with Gasteiger partial charge in [-0.1, -0.05) is 37.8 Å². The third-order valence-electron chi connectivity index (χ3n) is 6.98. The number of hydrogen-bond donors (Lipinski definition) is 0. The molecule has 6 amide bonds. The van der Waals surface area contributed by atoms with E-state index in [4.69, 9.17) is 4.52 Å². The predicted molar refractivity (Wildman–Crippen MR) is 144 cm³/mol. The van der Waals surface area contributed by atoms with Crippen LogP contribution in [0.2, 0.25) is 0 Å². The van der Waals surface area contributed by atoms with Crippen LogP contribution in [0.1, 0.15) is 89.9 Å². The second-order valence-corrected chi connectivity index (χ2v) is 9.80. The number of aliphatic hydroxyl groups is 1. The van der Waals surface area contributed by atoms with Crippen LogP contribution in [-0.2, 0) is 4.52 Å². The summed E-state index contributed by atoms with van der Waals surface area (Å²) in [7, 11) is 2.07. The van der Waals surface area contributed by atoms with Crippen LogP contribution in [0, 0.1) is 6.79 Å². The maximum absolute atomic E-state index is 13.9. The van der Waals surface area contributed by atoms with Crippen LogP contribution in [0.3, 0.4) is 0 Å². The zero-order valence-electron chi connectivity index (χ0n) is 21.7. The Bertz CT molecular complexity index is 693. The second kappa shape index (κ2) is 17.0. The molecule has 2 aliphatic heterocycles. The van der Waals surface area contributed by atoms with Gasteiger partial charge in [-0.05, 0) is 73.7 Å². The summed E-state index contributed by atoms with van der Waals surface area (Å²) < 4.78 is 4.31. The first-order chi connectivity index (χ1) is 17.5. The summed E-state index contributed by atoms with van der Waals surface area (Å²) >= 11 is 0. The van der Waals surface area contributed by atoms with Crippen molar-refractivity contribution in [2.45, 2.75) is 96.1 Å². The first-order valence-electron chi connectivity index (χ1n) is 13.4. The number of nitrogens with zero attached hydrogens (tertiary/aromatic N) is 4. The summed E-state index contributed by atoms with van der Waals surface area (Å²) in [4.78, 5) is 47.9. The van der Waals surface area contributed by atoms with E-state index in [1.54, 1.807) is 0 Å². The van der Waals surface area contributed by atoms with E-state index in [1.165, 1.54) is 9.80 Å². The summed E-state index contributed by atoms with van der Waals surface area (Å²) in [6.07, 6.45) is 15.4. The lowest BCUT2D eigenvalue weighted by Gasteiger charge is -2.49. The Labute approximate surface area is 219 Å². The largest absolute Gasteiger partial charge is 0.612 e. The molecule has 0 aromatic carbocycles. The van der Waals surface area contributed by atoms with Crippen LogP contribution in [0.5, 0.6) is 0 Å². The fourth-order valence-corrected chi connectivity index (χ4v) is 5.04. The molecule has 0 aromatic rings. The van der Waals surface area contributed by atoms with Crippen molar-refractivity contribution in [1.82, 2.24) is 9.80 Å². The van der Waals surface area contributed by atoms with Gasteiger partial charge in [0.2, 0.25) is 0 Å². The van der Waals surface area contributed by atoms with Crippen LogP contribution >= 0.6 is 9.47 Å². The molecule has 10 heteroatoms. The highest BCUT2D eigenvalue weighted by Gasteiger charge is 2.60. The lowest BCUT2D eigenvalue weighted by atomic mass is 10.1. The first-order valence-corrected chi connectivity index (χ1v) is 13.9. The zero-order chi connectivity index (χ0) is 26.2. The molecule has 0 saturated carbocycles. The van der Waals surface area contributed by atoms with Gasteiger partial charge in [0.15, 0.2) is 0 Å². The summed E-state index contributed by atoms with van der Waals surface area (Å²) in [6.45, 7) is 9.60. The molecule has 0 radical (unpaired) electrons. The number of rotatable bonds is 18. The van der Waals surface area contributed by atoms with Gasteiger partial charge in [0.05, 0.1) is 19.5 Å². The molecule has 0 bridgehead atoms. The fourth-order valence-electron chi connectivity index (χ4n) is 4.99. The van der Waals surface area contributed by atoms with Crippen molar-refractivity contribution in [2.75, 3.05) is 19.6 Å². The Morgan fingerprint density at radius 3 is 2.00 bits per heavy atom. The third kappa shape index (κ3) is 8.18. The topological polar surface area (TPSA) is 93.8 Å². The number of amides is 6. The molecule has 1 spiro atoms. The molecule has 0 aromatic heterocycles. The van der Waals surface area contributed by atoms with Crippen molar-refractivity contribution < 1.29 is 28.2 Å². The van der Waals surface area contributed by atoms with Crippen molar-refractivity contribution in [1.29, 1.82) is 0 Å². The molecule has 2 unspecified atom stereocenters. The normalized spacial score (nSPS) is 20.1. The highest BCUT2D eigenvalue weighted by molar-refractivity contribution is 7.09. The number of carbonyl (C=O) groups is 3. The van der Waals surface area contributed by atoms with Crippen molar-refractivity contribution in [3.05, 3.63) is 37.6 Å². The monoisotopic (exact) mass is 524 g/mol. The lowest BCUT2D eigenvalue weighted by Crippen LogP contribution is -2.76. The fraction of sp³-hybridized carbons (Fsp3) is 0.692. The van der Waals surface area contributed by atoms with Gasteiger partial charge in [-0.2, -0.15) is 4.48 Å². The van der Waals surface area contributed by atoms with Gasteiger partial charge in [0, 0.05) is 13.1 Å².